The number of guanidine groups is 1. The van der Waals surface area contributed by atoms with Gasteiger partial charge < -0.3 is 9.80 Å². The van der Waals surface area contributed by atoms with E-state index in [9.17, 15) is 10.1 Å². The molecule has 0 bridgehead atoms. The molecular formula is C8H17N5O2. The van der Waals surface area contributed by atoms with Gasteiger partial charge in [-0.25, -0.2) is 10.1 Å². The Morgan fingerprint density at radius 3 is 2.13 bits per heavy atom. The highest BCUT2D eigenvalue weighted by atomic mass is 16.7. The summed E-state index contributed by atoms with van der Waals surface area (Å²) in [6.07, 6.45) is 0. The Morgan fingerprint density at radius 2 is 1.80 bits per heavy atom. The van der Waals surface area contributed by atoms with Crippen LogP contribution in [0.3, 0.4) is 0 Å². The van der Waals surface area contributed by atoms with Gasteiger partial charge in [-0.15, -0.1) is 0 Å². The molecule has 1 aliphatic rings. The molecule has 0 spiro atoms. The standard InChI is InChI=1S/C8H17N5O2/c1-7(2)12-5-10(3)8(9-13(14)15)11(4)6-12/h7H,5-6H2,1-4H3. The lowest BCUT2D eigenvalue weighted by molar-refractivity contribution is -0.486. The molecule has 15 heavy (non-hydrogen) atoms. The Morgan fingerprint density at radius 1 is 1.33 bits per heavy atom. The second-order valence-electron chi connectivity index (χ2n) is 4.00. The molecule has 0 saturated carbocycles. The van der Waals surface area contributed by atoms with E-state index in [1.807, 2.05) is 0 Å². The van der Waals surface area contributed by atoms with Crippen LogP contribution in [0.1, 0.15) is 13.8 Å². The number of nitro groups is 1. The van der Waals surface area contributed by atoms with E-state index in [0.29, 0.717) is 25.3 Å². The second kappa shape index (κ2) is 4.43. The van der Waals surface area contributed by atoms with Crippen LogP contribution in [-0.4, -0.2) is 59.2 Å². The predicted molar refractivity (Wildman–Crippen MR) is 56.7 cm³/mol. The lowest BCUT2D eigenvalue weighted by atomic mass is 10.3. The highest BCUT2D eigenvalue weighted by Crippen LogP contribution is 2.09. The number of hydrogen-bond donors (Lipinski definition) is 0. The van der Waals surface area contributed by atoms with Crippen molar-refractivity contribution in [3.63, 3.8) is 0 Å². The van der Waals surface area contributed by atoms with Gasteiger partial charge in [0, 0.05) is 20.1 Å². The van der Waals surface area contributed by atoms with Gasteiger partial charge in [-0.1, -0.05) is 0 Å². The normalized spacial score (nSPS) is 18.6. The first kappa shape index (κ1) is 11.7. The Hall–Kier alpha value is -1.37. The number of rotatable bonds is 2. The van der Waals surface area contributed by atoms with Crippen LogP contribution < -0.4 is 0 Å². The molecule has 0 aromatic rings. The molecule has 86 valence electrons. The summed E-state index contributed by atoms with van der Waals surface area (Å²) in [6, 6.07) is 0.409. The SMILES string of the molecule is CC(C)N1CN(C)C(=N[N+](=O)[O-])N(C)C1. The van der Waals surface area contributed by atoms with E-state index in [1.165, 1.54) is 0 Å². The van der Waals surface area contributed by atoms with Gasteiger partial charge in [-0.2, -0.15) is 0 Å². The fourth-order valence-corrected chi connectivity index (χ4v) is 1.56. The summed E-state index contributed by atoms with van der Waals surface area (Å²) in [4.78, 5) is 16.1. The quantitative estimate of drug-likeness (QED) is 0.480. The van der Waals surface area contributed by atoms with Crippen LogP contribution in [0, 0.1) is 10.1 Å². The zero-order chi connectivity index (χ0) is 11.6. The smallest absolute Gasteiger partial charge is 0.275 e. The molecule has 0 aliphatic carbocycles. The van der Waals surface area contributed by atoms with E-state index in [4.69, 9.17) is 0 Å². The summed E-state index contributed by atoms with van der Waals surface area (Å²) in [5.74, 6) is 0.400. The van der Waals surface area contributed by atoms with E-state index < -0.39 is 5.03 Å². The number of hydrazone groups is 1. The zero-order valence-electron chi connectivity index (χ0n) is 9.54. The monoisotopic (exact) mass is 215 g/mol. The molecule has 0 aromatic carbocycles. The average Bonchev–Trinajstić information content (AvgIpc) is 2.10. The topological polar surface area (TPSA) is 65.2 Å². The van der Waals surface area contributed by atoms with E-state index >= 15 is 0 Å². The van der Waals surface area contributed by atoms with Crippen molar-refractivity contribution in [1.82, 2.24) is 14.7 Å². The van der Waals surface area contributed by atoms with Crippen LogP contribution in [0.4, 0.5) is 0 Å². The maximum absolute atomic E-state index is 10.3. The molecule has 1 heterocycles. The Balaban J connectivity index is 2.77. The van der Waals surface area contributed by atoms with Crippen molar-refractivity contribution in [3.05, 3.63) is 10.1 Å². The predicted octanol–water partition coefficient (Wildman–Crippen LogP) is 0.0367. The summed E-state index contributed by atoms with van der Waals surface area (Å²) in [5.41, 5.74) is 0. The fourth-order valence-electron chi connectivity index (χ4n) is 1.56. The molecule has 0 unspecified atom stereocenters. The Bertz CT molecular complexity index is 264. The highest BCUT2D eigenvalue weighted by molar-refractivity contribution is 5.79. The van der Waals surface area contributed by atoms with Gasteiger partial charge in [0.1, 0.15) is 5.10 Å². The van der Waals surface area contributed by atoms with Crippen molar-refractivity contribution in [2.75, 3.05) is 27.4 Å². The maximum Gasteiger partial charge on any atom is 0.275 e. The summed E-state index contributed by atoms with van der Waals surface area (Å²) in [5, 5.41) is 13.0. The minimum absolute atomic E-state index is 0.400. The number of hydrogen-bond acceptors (Lipinski definition) is 3. The van der Waals surface area contributed by atoms with Gasteiger partial charge in [0.2, 0.25) is 0 Å². The molecule has 0 radical (unpaired) electrons. The lowest BCUT2D eigenvalue weighted by Gasteiger charge is -2.41. The molecule has 0 atom stereocenters. The van der Waals surface area contributed by atoms with Gasteiger partial charge in [-0.05, 0) is 13.8 Å². The first-order chi connectivity index (χ1) is 6.91. The van der Waals surface area contributed by atoms with Crippen molar-refractivity contribution in [2.45, 2.75) is 19.9 Å². The van der Waals surface area contributed by atoms with E-state index in [0.717, 1.165) is 0 Å². The molecular weight excluding hydrogens is 198 g/mol. The second-order valence-corrected chi connectivity index (χ2v) is 4.00. The molecule has 7 heteroatoms. The molecule has 1 fully saturated rings. The van der Waals surface area contributed by atoms with Crippen LogP contribution in [0.5, 0.6) is 0 Å². The van der Waals surface area contributed by atoms with Crippen molar-refractivity contribution in [3.8, 4) is 0 Å². The third-order valence-electron chi connectivity index (χ3n) is 2.37. The molecule has 0 amide bonds. The van der Waals surface area contributed by atoms with Crippen LogP contribution in [0.25, 0.3) is 0 Å². The zero-order valence-corrected chi connectivity index (χ0v) is 9.54. The van der Waals surface area contributed by atoms with Crippen LogP contribution in [0.2, 0.25) is 0 Å². The summed E-state index contributed by atoms with van der Waals surface area (Å²) in [6.45, 7) is 5.51. The van der Waals surface area contributed by atoms with Crippen molar-refractivity contribution < 1.29 is 5.03 Å². The summed E-state index contributed by atoms with van der Waals surface area (Å²) in [7, 11) is 3.60. The molecule has 1 rings (SSSR count). The van der Waals surface area contributed by atoms with Crippen LogP contribution >= 0.6 is 0 Å². The van der Waals surface area contributed by atoms with Gasteiger partial charge in [0.15, 0.2) is 5.03 Å². The van der Waals surface area contributed by atoms with Gasteiger partial charge in [0.05, 0.1) is 13.3 Å². The molecule has 0 N–H and O–H groups in total. The minimum atomic E-state index is -0.659. The largest absolute Gasteiger partial charge is 0.328 e. The molecule has 1 aliphatic heterocycles. The molecule has 1 saturated heterocycles. The average molecular weight is 215 g/mol. The van der Waals surface area contributed by atoms with Crippen LogP contribution in [0.15, 0.2) is 5.10 Å². The molecule has 0 aromatic heterocycles. The van der Waals surface area contributed by atoms with Crippen molar-refractivity contribution in [2.24, 2.45) is 5.10 Å². The third-order valence-corrected chi connectivity index (χ3v) is 2.37. The van der Waals surface area contributed by atoms with E-state index in [-0.39, 0.29) is 0 Å². The van der Waals surface area contributed by atoms with Crippen molar-refractivity contribution >= 4 is 5.96 Å². The van der Waals surface area contributed by atoms with E-state index in [1.54, 1.807) is 23.9 Å². The Kier molecular flexibility index (Phi) is 3.46. The van der Waals surface area contributed by atoms with Crippen molar-refractivity contribution in [1.29, 1.82) is 0 Å². The van der Waals surface area contributed by atoms with Gasteiger partial charge in [-0.3, -0.25) is 4.90 Å². The summed E-state index contributed by atoms with van der Waals surface area (Å²) >= 11 is 0. The summed E-state index contributed by atoms with van der Waals surface area (Å²) < 4.78 is 0. The first-order valence-electron chi connectivity index (χ1n) is 4.81. The fraction of sp³-hybridized carbons (Fsp3) is 0.875. The first-order valence-corrected chi connectivity index (χ1v) is 4.81. The minimum Gasteiger partial charge on any atom is -0.328 e. The van der Waals surface area contributed by atoms with Gasteiger partial charge in [0.25, 0.3) is 5.96 Å². The molecule has 7 nitrogen and oxygen atoms in total. The van der Waals surface area contributed by atoms with Crippen LogP contribution in [-0.2, 0) is 0 Å². The Labute approximate surface area is 89.1 Å². The lowest BCUT2D eigenvalue weighted by Crippen LogP contribution is -2.57. The van der Waals surface area contributed by atoms with E-state index in [2.05, 4.69) is 23.8 Å². The number of nitrogens with zero attached hydrogens (tertiary/aromatic N) is 5. The highest BCUT2D eigenvalue weighted by Gasteiger charge is 2.27. The maximum atomic E-state index is 10.3. The third kappa shape index (κ3) is 2.79. The van der Waals surface area contributed by atoms with Gasteiger partial charge >= 0.3 is 0 Å².